The second-order valence-corrected chi connectivity index (χ2v) is 4.81. The van der Waals surface area contributed by atoms with Gasteiger partial charge in [0.2, 0.25) is 0 Å². The van der Waals surface area contributed by atoms with Crippen molar-refractivity contribution in [2.45, 2.75) is 32.8 Å². The third-order valence-electron chi connectivity index (χ3n) is 2.79. The second-order valence-electron chi connectivity index (χ2n) is 4.81. The number of hydrogen-bond acceptors (Lipinski definition) is 1. The van der Waals surface area contributed by atoms with Crippen molar-refractivity contribution in [2.75, 3.05) is 6.61 Å². The van der Waals surface area contributed by atoms with Crippen LogP contribution in [0.25, 0.3) is 0 Å². The van der Waals surface area contributed by atoms with Gasteiger partial charge in [-0.1, -0.05) is 38.1 Å². The van der Waals surface area contributed by atoms with Crippen molar-refractivity contribution in [3.8, 4) is 0 Å². The van der Waals surface area contributed by atoms with Crippen molar-refractivity contribution in [3.05, 3.63) is 35.4 Å². The van der Waals surface area contributed by atoms with Crippen LogP contribution in [0.15, 0.2) is 24.3 Å². The van der Waals surface area contributed by atoms with E-state index in [-0.39, 0.29) is 5.60 Å². The summed E-state index contributed by atoms with van der Waals surface area (Å²) in [5.74, 6) is 0.730. The zero-order valence-electron chi connectivity index (χ0n) is 9.21. The molecule has 0 aromatic heterocycles. The Balaban J connectivity index is 2.10. The molecular formula is C13H18O. The van der Waals surface area contributed by atoms with Crippen LogP contribution in [-0.2, 0) is 16.8 Å². The maximum Gasteiger partial charge on any atom is 0.114 e. The van der Waals surface area contributed by atoms with E-state index in [1.807, 2.05) is 0 Å². The Morgan fingerprint density at radius 2 is 1.86 bits per heavy atom. The van der Waals surface area contributed by atoms with Crippen LogP contribution in [-0.4, -0.2) is 6.61 Å². The van der Waals surface area contributed by atoms with Crippen LogP contribution >= 0.6 is 0 Å². The Morgan fingerprint density at radius 3 is 2.29 bits per heavy atom. The molecule has 1 heteroatoms. The Hall–Kier alpha value is -0.820. The third-order valence-corrected chi connectivity index (χ3v) is 2.79. The molecule has 1 saturated heterocycles. The van der Waals surface area contributed by atoms with E-state index in [9.17, 15) is 0 Å². The van der Waals surface area contributed by atoms with Crippen LogP contribution in [0.5, 0.6) is 0 Å². The molecule has 1 fully saturated rings. The van der Waals surface area contributed by atoms with E-state index in [1.54, 1.807) is 0 Å². The van der Waals surface area contributed by atoms with Crippen LogP contribution in [0.2, 0.25) is 0 Å². The van der Waals surface area contributed by atoms with E-state index >= 15 is 0 Å². The van der Waals surface area contributed by atoms with Crippen molar-refractivity contribution in [1.82, 2.24) is 0 Å². The lowest BCUT2D eigenvalue weighted by atomic mass is 9.97. The van der Waals surface area contributed by atoms with Crippen molar-refractivity contribution in [3.63, 3.8) is 0 Å². The normalized spacial score (nSPS) is 25.4. The highest BCUT2D eigenvalue weighted by Gasteiger charge is 2.40. The largest absolute Gasteiger partial charge is 0.365 e. The van der Waals surface area contributed by atoms with Crippen molar-refractivity contribution in [2.24, 2.45) is 5.92 Å². The summed E-state index contributed by atoms with van der Waals surface area (Å²) in [7, 11) is 0. The van der Waals surface area contributed by atoms with Crippen LogP contribution < -0.4 is 0 Å². The summed E-state index contributed by atoms with van der Waals surface area (Å²) in [5, 5.41) is 0. The molecule has 0 radical (unpaired) electrons. The maximum absolute atomic E-state index is 5.40. The smallest absolute Gasteiger partial charge is 0.114 e. The van der Waals surface area contributed by atoms with Crippen LogP contribution in [0.4, 0.5) is 0 Å². The lowest BCUT2D eigenvalue weighted by molar-refractivity contribution is 0.329. The summed E-state index contributed by atoms with van der Waals surface area (Å²) in [4.78, 5) is 0. The van der Waals surface area contributed by atoms with E-state index in [0.717, 1.165) is 18.9 Å². The van der Waals surface area contributed by atoms with Gasteiger partial charge < -0.3 is 4.74 Å². The lowest BCUT2D eigenvalue weighted by Crippen LogP contribution is -2.02. The predicted octanol–water partition coefficient (Wildman–Crippen LogP) is 3.13. The molecule has 14 heavy (non-hydrogen) atoms. The van der Waals surface area contributed by atoms with E-state index in [4.69, 9.17) is 4.74 Å². The first kappa shape index (κ1) is 9.72. The molecule has 1 aliphatic heterocycles. The van der Waals surface area contributed by atoms with Gasteiger partial charge in [-0.15, -0.1) is 0 Å². The van der Waals surface area contributed by atoms with E-state index in [2.05, 4.69) is 45.0 Å². The third kappa shape index (κ3) is 1.98. The molecule has 1 nitrogen and oxygen atoms in total. The van der Waals surface area contributed by atoms with Crippen LogP contribution in [0.1, 0.15) is 31.9 Å². The molecule has 0 amide bonds. The molecule has 0 bridgehead atoms. The Labute approximate surface area is 86.1 Å². The van der Waals surface area contributed by atoms with Gasteiger partial charge in [0.15, 0.2) is 0 Å². The fourth-order valence-corrected chi connectivity index (χ4v) is 1.74. The molecule has 76 valence electrons. The summed E-state index contributed by atoms with van der Waals surface area (Å²) in [5.41, 5.74) is 2.76. The molecule has 0 N–H and O–H groups in total. The molecule has 1 aromatic rings. The summed E-state index contributed by atoms with van der Waals surface area (Å²) in [6.45, 7) is 7.51. The molecular weight excluding hydrogens is 172 g/mol. The van der Waals surface area contributed by atoms with E-state index in [0.29, 0.717) is 0 Å². The first-order valence-electron chi connectivity index (χ1n) is 5.33. The van der Waals surface area contributed by atoms with Crippen molar-refractivity contribution in [1.29, 1.82) is 0 Å². The first-order valence-corrected chi connectivity index (χ1v) is 5.33. The summed E-state index contributed by atoms with van der Waals surface area (Å²) >= 11 is 0. The summed E-state index contributed by atoms with van der Waals surface area (Å²) < 4.78 is 5.40. The van der Waals surface area contributed by atoms with Gasteiger partial charge in [-0.05, 0) is 30.4 Å². The van der Waals surface area contributed by atoms with Gasteiger partial charge in [0, 0.05) is 0 Å². The minimum atomic E-state index is 0.0242. The minimum absolute atomic E-state index is 0.0242. The molecule has 1 atom stereocenters. The van der Waals surface area contributed by atoms with Gasteiger partial charge in [-0.25, -0.2) is 0 Å². The van der Waals surface area contributed by atoms with Crippen LogP contribution in [0, 0.1) is 5.92 Å². The topological polar surface area (TPSA) is 12.5 Å². The predicted molar refractivity (Wildman–Crippen MR) is 58.3 cm³/mol. The Kier molecular flexibility index (Phi) is 2.36. The average Bonchev–Trinajstić information content (AvgIpc) is 2.85. The summed E-state index contributed by atoms with van der Waals surface area (Å²) in [6, 6.07) is 8.85. The monoisotopic (exact) mass is 190 g/mol. The molecule has 0 saturated carbocycles. The Morgan fingerprint density at radius 1 is 1.29 bits per heavy atom. The highest BCUT2D eigenvalue weighted by molar-refractivity contribution is 5.29. The molecule has 0 unspecified atom stereocenters. The first-order chi connectivity index (χ1) is 6.60. The molecule has 0 aliphatic carbocycles. The van der Waals surface area contributed by atoms with Gasteiger partial charge in [-0.3, -0.25) is 0 Å². The average molecular weight is 190 g/mol. The zero-order valence-corrected chi connectivity index (χ0v) is 9.21. The number of epoxide rings is 1. The standard InChI is InChI=1S/C13H18O/c1-10(2)8-11-4-6-12(7-5-11)13(3)9-14-13/h4-7,10H,8-9H2,1-3H3/t13-/m1/s1. The highest BCUT2D eigenvalue weighted by Crippen LogP contribution is 2.37. The fourth-order valence-electron chi connectivity index (χ4n) is 1.74. The Bertz CT molecular complexity index is 307. The number of rotatable bonds is 3. The van der Waals surface area contributed by atoms with Gasteiger partial charge in [0.25, 0.3) is 0 Å². The minimum Gasteiger partial charge on any atom is -0.365 e. The van der Waals surface area contributed by atoms with Gasteiger partial charge in [-0.2, -0.15) is 0 Å². The van der Waals surface area contributed by atoms with E-state index in [1.165, 1.54) is 11.1 Å². The second kappa shape index (κ2) is 3.39. The maximum atomic E-state index is 5.40. The highest BCUT2D eigenvalue weighted by atomic mass is 16.6. The zero-order chi connectivity index (χ0) is 10.2. The van der Waals surface area contributed by atoms with Gasteiger partial charge in [0.05, 0.1) is 6.61 Å². The van der Waals surface area contributed by atoms with Gasteiger partial charge >= 0.3 is 0 Å². The van der Waals surface area contributed by atoms with Crippen LogP contribution in [0.3, 0.4) is 0 Å². The molecule has 1 aliphatic rings. The number of hydrogen-bond donors (Lipinski definition) is 0. The fraction of sp³-hybridized carbons (Fsp3) is 0.538. The molecule has 1 aromatic carbocycles. The SMILES string of the molecule is CC(C)Cc1ccc([C@@]2(C)CO2)cc1. The van der Waals surface area contributed by atoms with Crippen molar-refractivity contribution >= 4 is 0 Å². The lowest BCUT2D eigenvalue weighted by Gasteiger charge is -2.08. The molecule has 2 rings (SSSR count). The van der Waals surface area contributed by atoms with Crippen molar-refractivity contribution < 1.29 is 4.74 Å². The quantitative estimate of drug-likeness (QED) is 0.667. The molecule has 0 spiro atoms. The molecule has 1 heterocycles. The number of ether oxygens (including phenoxy) is 1. The van der Waals surface area contributed by atoms with Gasteiger partial charge in [0.1, 0.15) is 5.60 Å². The van der Waals surface area contributed by atoms with E-state index < -0.39 is 0 Å². The summed E-state index contributed by atoms with van der Waals surface area (Å²) in [6.07, 6.45) is 1.16. The number of benzene rings is 1.